The van der Waals surface area contributed by atoms with Gasteiger partial charge in [0.15, 0.2) is 6.10 Å². The van der Waals surface area contributed by atoms with E-state index in [4.69, 9.17) is 4.74 Å². The van der Waals surface area contributed by atoms with Crippen molar-refractivity contribution in [1.29, 1.82) is 5.26 Å². The summed E-state index contributed by atoms with van der Waals surface area (Å²) in [5.41, 5.74) is -0.0196. The monoisotopic (exact) mass is 421 g/mol. The molecule has 0 radical (unpaired) electrons. The quantitative estimate of drug-likeness (QED) is 0.669. The van der Waals surface area contributed by atoms with Crippen molar-refractivity contribution in [3.05, 3.63) is 48.0 Å². The first kappa shape index (κ1) is 22.3. The molecule has 162 valence electrons. The van der Waals surface area contributed by atoms with E-state index in [0.29, 0.717) is 12.8 Å². The number of hydrogen-bond donors (Lipinski definition) is 2. The first-order valence-corrected chi connectivity index (χ1v) is 10.6. The third kappa shape index (κ3) is 5.82. The van der Waals surface area contributed by atoms with Crippen LogP contribution in [0.2, 0.25) is 0 Å². The Morgan fingerprint density at radius 2 is 1.81 bits per heavy atom. The maximum Gasteiger partial charge on any atom is 0.326 e. The number of nitrogens with zero attached hydrogens (tertiary/aromatic N) is 1. The van der Waals surface area contributed by atoms with Gasteiger partial charge in [-0.2, -0.15) is 5.26 Å². The van der Waals surface area contributed by atoms with E-state index in [-0.39, 0.29) is 18.9 Å². The first-order chi connectivity index (χ1) is 14.9. The number of esters is 1. The van der Waals surface area contributed by atoms with Crippen LogP contribution in [0.15, 0.2) is 42.5 Å². The lowest BCUT2D eigenvalue weighted by Gasteiger charge is -2.32. The highest BCUT2D eigenvalue weighted by Crippen LogP contribution is 2.27. The van der Waals surface area contributed by atoms with Gasteiger partial charge in [0.05, 0.1) is 12.5 Å². The summed E-state index contributed by atoms with van der Waals surface area (Å²) in [6, 6.07) is 15.7. The molecule has 0 heterocycles. The summed E-state index contributed by atoms with van der Waals surface area (Å²) < 4.78 is 5.14. The SMILES string of the molecule is C[C@H](OC(=O)CNC(=O)Cc1cccc2ccccc12)C(=O)NC1(C#N)CCCCC1. The second-order valence-electron chi connectivity index (χ2n) is 7.97. The number of ether oxygens (including phenoxy) is 1. The van der Waals surface area contributed by atoms with E-state index in [2.05, 4.69) is 16.7 Å². The standard InChI is InChI=1S/C24H27N3O4/c1-17(23(30)27-24(16-25)12-5-2-6-13-24)31-22(29)15-26-21(28)14-19-10-7-9-18-8-3-4-11-20(18)19/h3-4,7-11,17H,2,5-6,12-15H2,1H3,(H,26,28)(H,27,30)/t17-/m0/s1. The van der Waals surface area contributed by atoms with Crippen molar-refractivity contribution >= 4 is 28.6 Å². The second kappa shape index (κ2) is 10.1. The molecule has 0 spiro atoms. The van der Waals surface area contributed by atoms with Crippen LogP contribution in [-0.2, 0) is 25.5 Å². The minimum absolute atomic E-state index is 0.134. The molecule has 2 aromatic carbocycles. The number of benzene rings is 2. The third-order valence-electron chi connectivity index (χ3n) is 5.62. The fourth-order valence-electron chi connectivity index (χ4n) is 3.90. The zero-order valence-electron chi connectivity index (χ0n) is 17.6. The fraction of sp³-hybridized carbons (Fsp3) is 0.417. The summed E-state index contributed by atoms with van der Waals surface area (Å²) >= 11 is 0. The molecule has 0 aliphatic heterocycles. The highest BCUT2D eigenvalue weighted by Gasteiger charge is 2.35. The summed E-state index contributed by atoms with van der Waals surface area (Å²) in [6.07, 6.45) is 3.09. The van der Waals surface area contributed by atoms with Crippen LogP contribution in [0.4, 0.5) is 0 Å². The number of carbonyl (C=O) groups is 3. The number of nitrogens with one attached hydrogen (secondary N) is 2. The fourth-order valence-corrected chi connectivity index (χ4v) is 3.90. The summed E-state index contributed by atoms with van der Waals surface area (Å²) in [5, 5.41) is 16.8. The molecule has 31 heavy (non-hydrogen) atoms. The van der Waals surface area contributed by atoms with Gasteiger partial charge < -0.3 is 15.4 Å². The van der Waals surface area contributed by atoms with Gasteiger partial charge in [-0.3, -0.25) is 14.4 Å². The number of nitriles is 1. The van der Waals surface area contributed by atoms with Crippen molar-refractivity contribution in [2.45, 2.75) is 57.1 Å². The molecule has 7 heteroatoms. The van der Waals surface area contributed by atoms with Crippen molar-refractivity contribution in [2.24, 2.45) is 0 Å². The van der Waals surface area contributed by atoms with Gasteiger partial charge in [0.2, 0.25) is 5.91 Å². The lowest BCUT2D eigenvalue weighted by atomic mass is 9.83. The Morgan fingerprint density at radius 1 is 1.10 bits per heavy atom. The predicted molar refractivity (Wildman–Crippen MR) is 116 cm³/mol. The number of carbonyl (C=O) groups excluding carboxylic acids is 3. The van der Waals surface area contributed by atoms with Crippen LogP contribution in [0, 0.1) is 11.3 Å². The van der Waals surface area contributed by atoms with Crippen molar-refractivity contribution in [3.8, 4) is 6.07 Å². The molecule has 1 saturated carbocycles. The lowest BCUT2D eigenvalue weighted by Crippen LogP contribution is -2.52. The molecule has 0 bridgehead atoms. The molecule has 0 saturated heterocycles. The van der Waals surface area contributed by atoms with Crippen molar-refractivity contribution in [1.82, 2.24) is 10.6 Å². The zero-order chi connectivity index (χ0) is 22.3. The molecule has 1 aliphatic rings. The van der Waals surface area contributed by atoms with Gasteiger partial charge in [0, 0.05) is 0 Å². The first-order valence-electron chi connectivity index (χ1n) is 10.6. The minimum Gasteiger partial charge on any atom is -0.451 e. The van der Waals surface area contributed by atoms with Crippen LogP contribution < -0.4 is 10.6 Å². The largest absolute Gasteiger partial charge is 0.451 e. The van der Waals surface area contributed by atoms with Crippen LogP contribution in [-0.4, -0.2) is 36.0 Å². The summed E-state index contributed by atoms with van der Waals surface area (Å²) in [4.78, 5) is 36.8. The Kier molecular flexibility index (Phi) is 7.24. The average molecular weight is 421 g/mol. The minimum atomic E-state index is -1.05. The van der Waals surface area contributed by atoms with Gasteiger partial charge >= 0.3 is 5.97 Å². The highest BCUT2D eigenvalue weighted by atomic mass is 16.5. The Bertz CT molecular complexity index is 1000. The van der Waals surface area contributed by atoms with Crippen molar-refractivity contribution < 1.29 is 19.1 Å². The number of rotatable bonds is 7. The molecule has 7 nitrogen and oxygen atoms in total. The molecular formula is C24H27N3O4. The van der Waals surface area contributed by atoms with E-state index in [1.807, 2.05) is 42.5 Å². The average Bonchev–Trinajstić information content (AvgIpc) is 2.78. The van der Waals surface area contributed by atoms with Crippen LogP contribution in [0.5, 0.6) is 0 Å². The Hall–Kier alpha value is -3.40. The van der Waals surface area contributed by atoms with Crippen molar-refractivity contribution in [3.63, 3.8) is 0 Å². The summed E-state index contributed by atoms with van der Waals surface area (Å²) in [6.45, 7) is 1.13. The highest BCUT2D eigenvalue weighted by molar-refractivity contribution is 5.91. The van der Waals surface area contributed by atoms with E-state index in [1.54, 1.807) is 0 Å². The predicted octanol–water partition coefficient (Wildman–Crippen LogP) is 2.77. The molecule has 0 aromatic heterocycles. The van der Waals surface area contributed by atoms with Gasteiger partial charge in [-0.05, 0) is 36.1 Å². The third-order valence-corrected chi connectivity index (χ3v) is 5.62. The Morgan fingerprint density at radius 3 is 2.55 bits per heavy atom. The van der Waals surface area contributed by atoms with Crippen LogP contribution in [0.25, 0.3) is 10.8 Å². The smallest absolute Gasteiger partial charge is 0.326 e. The molecule has 1 atom stereocenters. The van der Waals surface area contributed by atoms with E-state index < -0.39 is 23.5 Å². The topological polar surface area (TPSA) is 108 Å². The second-order valence-corrected chi connectivity index (χ2v) is 7.97. The summed E-state index contributed by atoms with van der Waals surface area (Å²) in [7, 11) is 0. The van der Waals surface area contributed by atoms with Crippen molar-refractivity contribution in [2.75, 3.05) is 6.54 Å². The van der Waals surface area contributed by atoms with Crippen LogP contribution in [0.3, 0.4) is 0 Å². The maximum atomic E-state index is 12.4. The normalized spacial score (nSPS) is 16.0. The molecule has 1 fully saturated rings. The van der Waals surface area contributed by atoms with E-state index in [0.717, 1.165) is 35.6 Å². The van der Waals surface area contributed by atoms with E-state index in [1.165, 1.54) is 6.92 Å². The van der Waals surface area contributed by atoms with E-state index >= 15 is 0 Å². The molecule has 1 aliphatic carbocycles. The summed E-state index contributed by atoms with van der Waals surface area (Å²) in [5.74, 6) is -1.52. The van der Waals surface area contributed by atoms with Gasteiger partial charge in [0.1, 0.15) is 12.1 Å². The van der Waals surface area contributed by atoms with Gasteiger partial charge in [0.25, 0.3) is 5.91 Å². The molecule has 0 unspecified atom stereocenters. The van der Waals surface area contributed by atoms with Crippen LogP contribution >= 0.6 is 0 Å². The van der Waals surface area contributed by atoms with Gasteiger partial charge in [-0.15, -0.1) is 0 Å². The van der Waals surface area contributed by atoms with E-state index in [9.17, 15) is 19.6 Å². The zero-order valence-corrected chi connectivity index (χ0v) is 17.6. The van der Waals surface area contributed by atoms with Gasteiger partial charge in [-0.1, -0.05) is 61.7 Å². The molecule has 2 aromatic rings. The lowest BCUT2D eigenvalue weighted by molar-refractivity contribution is -0.155. The van der Waals surface area contributed by atoms with Gasteiger partial charge in [-0.25, -0.2) is 0 Å². The Balaban J connectivity index is 1.47. The maximum absolute atomic E-state index is 12.4. The number of amides is 2. The molecule has 3 rings (SSSR count). The number of fused-ring (bicyclic) bond motifs is 1. The molecule has 2 amide bonds. The molecular weight excluding hydrogens is 394 g/mol. The van der Waals surface area contributed by atoms with Crippen LogP contribution in [0.1, 0.15) is 44.6 Å². The Labute approximate surface area is 181 Å². The number of hydrogen-bond acceptors (Lipinski definition) is 5. The molecule has 2 N–H and O–H groups in total.